The number of carbonyl (C=O) groups is 1. The van der Waals surface area contributed by atoms with Crippen LogP contribution in [-0.2, 0) is 17.6 Å². The largest absolute Gasteiger partial charge is 0.361 e. The summed E-state index contributed by atoms with van der Waals surface area (Å²) in [5, 5.41) is 4.06. The topological polar surface area (TPSA) is 70.9 Å². The van der Waals surface area contributed by atoms with Gasteiger partial charge in [-0.25, -0.2) is 0 Å². The summed E-state index contributed by atoms with van der Waals surface area (Å²) in [4.78, 5) is 15.4. The van der Waals surface area contributed by atoms with Crippen LogP contribution in [0.5, 0.6) is 0 Å². The SMILES string of the molecule is Cc1cccc(CCNC(=O)[C@@H](N)Cc2c[nH]c3ccccc23)c1. The van der Waals surface area contributed by atoms with Crippen molar-refractivity contribution in [1.29, 1.82) is 0 Å². The van der Waals surface area contributed by atoms with Gasteiger partial charge in [0, 0.05) is 23.6 Å². The lowest BCUT2D eigenvalue weighted by Gasteiger charge is -2.12. The predicted octanol–water partition coefficient (Wildman–Crippen LogP) is 2.71. The van der Waals surface area contributed by atoms with Crippen LogP contribution in [0.3, 0.4) is 0 Å². The van der Waals surface area contributed by atoms with Gasteiger partial charge >= 0.3 is 0 Å². The fourth-order valence-corrected chi connectivity index (χ4v) is 2.96. The Morgan fingerprint density at radius 2 is 2.04 bits per heavy atom. The standard InChI is InChI=1S/C20H23N3O/c1-14-5-4-6-15(11-14)9-10-22-20(24)18(21)12-16-13-23-19-8-3-2-7-17(16)19/h2-8,11,13,18,23H,9-10,12,21H2,1H3,(H,22,24)/t18-/m0/s1. The molecule has 3 aromatic rings. The molecule has 3 rings (SSSR count). The Morgan fingerprint density at radius 1 is 1.21 bits per heavy atom. The van der Waals surface area contributed by atoms with E-state index in [0.717, 1.165) is 22.9 Å². The van der Waals surface area contributed by atoms with Crippen molar-refractivity contribution in [2.75, 3.05) is 6.54 Å². The molecule has 0 saturated heterocycles. The second kappa shape index (κ2) is 7.32. The molecule has 4 heteroatoms. The monoisotopic (exact) mass is 321 g/mol. The third-order valence-corrected chi connectivity index (χ3v) is 4.25. The molecule has 2 aromatic carbocycles. The molecule has 0 radical (unpaired) electrons. The predicted molar refractivity (Wildman–Crippen MR) is 97.9 cm³/mol. The smallest absolute Gasteiger partial charge is 0.237 e. The first-order chi connectivity index (χ1) is 11.6. The van der Waals surface area contributed by atoms with Gasteiger partial charge in [0.1, 0.15) is 0 Å². The summed E-state index contributed by atoms with van der Waals surface area (Å²) < 4.78 is 0. The number of hydrogen-bond donors (Lipinski definition) is 3. The number of nitrogens with two attached hydrogens (primary N) is 1. The van der Waals surface area contributed by atoms with Crippen molar-refractivity contribution < 1.29 is 4.79 Å². The maximum atomic E-state index is 12.2. The van der Waals surface area contributed by atoms with E-state index in [-0.39, 0.29) is 5.91 Å². The van der Waals surface area contributed by atoms with Crippen LogP contribution < -0.4 is 11.1 Å². The number of rotatable bonds is 6. The molecular formula is C20H23N3O. The third-order valence-electron chi connectivity index (χ3n) is 4.25. The zero-order chi connectivity index (χ0) is 16.9. The Hall–Kier alpha value is -2.59. The number of para-hydroxylation sites is 1. The Bertz CT molecular complexity index is 838. The van der Waals surface area contributed by atoms with Crippen LogP contribution in [-0.4, -0.2) is 23.5 Å². The number of fused-ring (bicyclic) bond motifs is 1. The van der Waals surface area contributed by atoms with Crippen LogP contribution in [0.4, 0.5) is 0 Å². The van der Waals surface area contributed by atoms with E-state index in [2.05, 4.69) is 35.4 Å². The van der Waals surface area contributed by atoms with Crippen molar-refractivity contribution in [3.05, 3.63) is 71.4 Å². The van der Waals surface area contributed by atoms with Gasteiger partial charge in [0.2, 0.25) is 5.91 Å². The summed E-state index contributed by atoms with van der Waals surface area (Å²) in [5.74, 6) is -0.104. The second-order valence-corrected chi connectivity index (χ2v) is 6.20. The molecule has 124 valence electrons. The van der Waals surface area contributed by atoms with E-state index in [4.69, 9.17) is 5.73 Å². The third kappa shape index (κ3) is 3.84. The molecule has 1 amide bonds. The van der Waals surface area contributed by atoms with Gasteiger partial charge < -0.3 is 16.0 Å². The summed E-state index contributed by atoms with van der Waals surface area (Å²) in [6.45, 7) is 2.67. The van der Waals surface area contributed by atoms with Gasteiger partial charge in [0.25, 0.3) is 0 Å². The molecule has 1 aromatic heterocycles. The van der Waals surface area contributed by atoms with Gasteiger partial charge in [-0.3, -0.25) is 4.79 Å². The van der Waals surface area contributed by atoms with Crippen LogP contribution in [0.1, 0.15) is 16.7 Å². The fraction of sp³-hybridized carbons (Fsp3) is 0.250. The van der Waals surface area contributed by atoms with E-state index in [1.165, 1.54) is 11.1 Å². The summed E-state index contributed by atoms with van der Waals surface area (Å²) in [6.07, 6.45) is 3.28. The number of H-pyrrole nitrogens is 1. The average molecular weight is 321 g/mol. The highest BCUT2D eigenvalue weighted by Gasteiger charge is 2.15. The van der Waals surface area contributed by atoms with Crippen LogP contribution >= 0.6 is 0 Å². The highest BCUT2D eigenvalue weighted by Crippen LogP contribution is 2.18. The molecule has 1 heterocycles. The number of aryl methyl sites for hydroxylation is 1. The number of carbonyl (C=O) groups excluding carboxylic acids is 1. The molecule has 0 unspecified atom stereocenters. The molecule has 0 bridgehead atoms. The zero-order valence-electron chi connectivity index (χ0n) is 13.9. The normalized spacial score (nSPS) is 12.2. The van der Waals surface area contributed by atoms with Gasteiger partial charge in [-0.2, -0.15) is 0 Å². The van der Waals surface area contributed by atoms with E-state index in [1.54, 1.807) is 0 Å². The van der Waals surface area contributed by atoms with E-state index < -0.39 is 6.04 Å². The minimum Gasteiger partial charge on any atom is -0.361 e. The quantitative estimate of drug-likeness (QED) is 0.653. The molecule has 1 atom stereocenters. The first kappa shape index (κ1) is 16.3. The molecular weight excluding hydrogens is 298 g/mol. The Morgan fingerprint density at radius 3 is 2.88 bits per heavy atom. The zero-order valence-corrected chi connectivity index (χ0v) is 13.9. The van der Waals surface area contributed by atoms with Crippen LogP contribution in [0, 0.1) is 6.92 Å². The lowest BCUT2D eigenvalue weighted by atomic mass is 10.0. The minimum absolute atomic E-state index is 0.104. The Labute approximate surface area is 142 Å². The van der Waals surface area contributed by atoms with Crippen molar-refractivity contribution >= 4 is 16.8 Å². The molecule has 0 fully saturated rings. The van der Waals surface area contributed by atoms with Crippen LogP contribution in [0.2, 0.25) is 0 Å². The van der Waals surface area contributed by atoms with E-state index in [9.17, 15) is 4.79 Å². The maximum absolute atomic E-state index is 12.2. The number of benzene rings is 2. The fourth-order valence-electron chi connectivity index (χ4n) is 2.96. The van der Waals surface area contributed by atoms with Crippen LogP contribution in [0.25, 0.3) is 10.9 Å². The molecule has 24 heavy (non-hydrogen) atoms. The molecule has 0 saturated carbocycles. The van der Waals surface area contributed by atoms with Crippen molar-refractivity contribution in [1.82, 2.24) is 10.3 Å². The van der Waals surface area contributed by atoms with E-state index in [0.29, 0.717) is 13.0 Å². The van der Waals surface area contributed by atoms with Crippen molar-refractivity contribution in [2.24, 2.45) is 5.73 Å². The number of aromatic amines is 1. The van der Waals surface area contributed by atoms with E-state index in [1.807, 2.05) is 36.5 Å². The number of hydrogen-bond acceptors (Lipinski definition) is 2. The summed E-state index contributed by atoms with van der Waals surface area (Å²) in [6, 6.07) is 15.8. The molecule has 4 nitrogen and oxygen atoms in total. The average Bonchev–Trinajstić information content (AvgIpc) is 2.98. The van der Waals surface area contributed by atoms with Crippen molar-refractivity contribution in [3.63, 3.8) is 0 Å². The van der Waals surface area contributed by atoms with Gasteiger partial charge in [-0.1, -0.05) is 48.0 Å². The molecule has 4 N–H and O–H groups in total. The van der Waals surface area contributed by atoms with E-state index >= 15 is 0 Å². The molecule has 0 aliphatic heterocycles. The first-order valence-electron chi connectivity index (χ1n) is 8.27. The first-order valence-corrected chi connectivity index (χ1v) is 8.27. The highest BCUT2D eigenvalue weighted by molar-refractivity contribution is 5.86. The van der Waals surface area contributed by atoms with Crippen LogP contribution in [0.15, 0.2) is 54.7 Å². The summed E-state index contributed by atoms with van der Waals surface area (Å²) in [5.41, 5.74) is 10.7. The van der Waals surface area contributed by atoms with Gasteiger partial charge in [-0.15, -0.1) is 0 Å². The second-order valence-electron chi connectivity index (χ2n) is 6.20. The molecule has 0 spiro atoms. The van der Waals surface area contributed by atoms with Gasteiger partial charge in [0.15, 0.2) is 0 Å². The van der Waals surface area contributed by atoms with Gasteiger partial charge in [-0.05, 0) is 37.0 Å². The number of aromatic nitrogens is 1. The lowest BCUT2D eigenvalue weighted by Crippen LogP contribution is -2.42. The minimum atomic E-state index is -0.540. The Kier molecular flexibility index (Phi) is 4.96. The van der Waals surface area contributed by atoms with Crippen molar-refractivity contribution in [2.45, 2.75) is 25.8 Å². The molecule has 0 aliphatic carbocycles. The maximum Gasteiger partial charge on any atom is 0.237 e. The number of nitrogens with one attached hydrogen (secondary N) is 2. The lowest BCUT2D eigenvalue weighted by molar-refractivity contribution is -0.122. The number of amides is 1. The molecule has 0 aliphatic rings. The van der Waals surface area contributed by atoms with Gasteiger partial charge in [0.05, 0.1) is 6.04 Å². The highest BCUT2D eigenvalue weighted by atomic mass is 16.2. The van der Waals surface area contributed by atoms with Crippen molar-refractivity contribution in [3.8, 4) is 0 Å². The Balaban J connectivity index is 1.53. The summed E-state index contributed by atoms with van der Waals surface area (Å²) >= 11 is 0. The summed E-state index contributed by atoms with van der Waals surface area (Å²) in [7, 11) is 0.